The topological polar surface area (TPSA) is 32.3 Å². The molecule has 17 heavy (non-hydrogen) atoms. The van der Waals surface area contributed by atoms with Crippen molar-refractivity contribution in [2.75, 3.05) is 19.3 Å². The van der Waals surface area contributed by atoms with Gasteiger partial charge in [0, 0.05) is 6.54 Å². The second-order valence-corrected chi connectivity index (χ2v) is 3.64. The van der Waals surface area contributed by atoms with Crippen LogP contribution in [0.4, 0.5) is 0 Å². The zero-order chi connectivity index (χ0) is 13.1. The molecule has 0 spiro atoms. The van der Waals surface area contributed by atoms with Gasteiger partial charge in [-0.2, -0.15) is 12.6 Å². The number of nitrogens with one attached hydrogen (secondary N) is 1. The summed E-state index contributed by atoms with van der Waals surface area (Å²) in [6.45, 7) is 6.18. The van der Waals surface area contributed by atoms with Gasteiger partial charge in [-0.15, -0.1) is 0 Å². The minimum absolute atomic E-state index is 0.378. The average molecular weight is 255 g/mol. The highest BCUT2D eigenvalue weighted by Gasteiger charge is 2.14. The molecule has 1 saturated heterocycles. The first-order valence-electron chi connectivity index (χ1n) is 6.30. The van der Waals surface area contributed by atoms with E-state index in [1.165, 1.54) is 18.4 Å². The van der Waals surface area contributed by atoms with E-state index >= 15 is 0 Å². The smallest absolute Gasteiger partial charge is 0.115 e. The molecular formula is C14H25NOS. The van der Waals surface area contributed by atoms with Gasteiger partial charge < -0.3 is 10.4 Å². The van der Waals surface area contributed by atoms with Gasteiger partial charge in [-0.1, -0.05) is 26.0 Å². The van der Waals surface area contributed by atoms with E-state index in [1.807, 2.05) is 26.0 Å². The van der Waals surface area contributed by atoms with Gasteiger partial charge in [0.2, 0.25) is 0 Å². The summed E-state index contributed by atoms with van der Waals surface area (Å²) in [5.74, 6) is 0.962. The Morgan fingerprint density at radius 3 is 2.53 bits per heavy atom. The molecule has 1 unspecified atom stereocenters. The first-order valence-corrected chi connectivity index (χ1v) is 7.20. The molecule has 98 valence electrons. The fourth-order valence-corrected chi connectivity index (χ4v) is 1.92. The summed E-state index contributed by atoms with van der Waals surface area (Å²) in [6, 6.07) is 7.61. The van der Waals surface area contributed by atoms with E-state index in [0.29, 0.717) is 11.7 Å². The van der Waals surface area contributed by atoms with Crippen LogP contribution in [0.3, 0.4) is 0 Å². The van der Waals surface area contributed by atoms with Crippen molar-refractivity contribution in [1.82, 2.24) is 5.32 Å². The second-order valence-electron chi connectivity index (χ2n) is 3.64. The van der Waals surface area contributed by atoms with Crippen molar-refractivity contribution in [3.63, 3.8) is 0 Å². The van der Waals surface area contributed by atoms with Crippen molar-refractivity contribution in [3.05, 3.63) is 29.8 Å². The number of thiol groups is 1. The second kappa shape index (κ2) is 10.5. The Morgan fingerprint density at radius 1 is 1.29 bits per heavy atom. The van der Waals surface area contributed by atoms with Gasteiger partial charge in [-0.3, -0.25) is 0 Å². The van der Waals surface area contributed by atoms with E-state index in [2.05, 4.69) is 24.0 Å². The molecule has 0 bridgehead atoms. The number of phenolic OH excluding ortho intramolecular Hbond substituents is 1. The summed E-state index contributed by atoms with van der Waals surface area (Å²) in [7, 11) is 0. The van der Waals surface area contributed by atoms with Crippen LogP contribution in [0.15, 0.2) is 24.3 Å². The SMILES string of the molecule is CC.CS.Oc1cccc(C2CCCNC2)c1. The predicted molar refractivity (Wildman–Crippen MR) is 79.2 cm³/mol. The van der Waals surface area contributed by atoms with E-state index in [-0.39, 0.29) is 0 Å². The van der Waals surface area contributed by atoms with Crippen molar-refractivity contribution in [2.24, 2.45) is 0 Å². The Labute approximate surface area is 111 Å². The van der Waals surface area contributed by atoms with Crippen LogP contribution in [0.5, 0.6) is 5.75 Å². The zero-order valence-corrected chi connectivity index (χ0v) is 12.0. The van der Waals surface area contributed by atoms with Crippen LogP contribution in [0.1, 0.15) is 38.2 Å². The van der Waals surface area contributed by atoms with Gasteiger partial charge in [-0.05, 0) is 49.3 Å². The van der Waals surface area contributed by atoms with E-state index in [9.17, 15) is 5.11 Å². The minimum atomic E-state index is 0.378. The third-order valence-corrected chi connectivity index (χ3v) is 2.64. The summed E-state index contributed by atoms with van der Waals surface area (Å²) in [4.78, 5) is 0. The number of hydrogen-bond acceptors (Lipinski definition) is 3. The largest absolute Gasteiger partial charge is 0.508 e. The molecule has 1 aromatic rings. The third kappa shape index (κ3) is 5.99. The summed E-state index contributed by atoms with van der Waals surface area (Å²) < 4.78 is 0. The van der Waals surface area contributed by atoms with Gasteiger partial charge in [-0.25, -0.2) is 0 Å². The lowest BCUT2D eigenvalue weighted by Gasteiger charge is -2.23. The van der Waals surface area contributed by atoms with Crippen LogP contribution in [0, 0.1) is 0 Å². The minimum Gasteiger partial charge on any atom is -0.508 e. The maximum absolute atomic E-state index is 9.32. The number of aromatic hydroxyl groups is 1. The molecule has 0 aliphatic carbocycles. The summed E-state index contributed by atoms with van der Waals surface area (Å²) in [5, 5.41) is 12.7. The first-order chi connectivity index (χ1) is 8.36. The van der Waals surface area contributed by atoms with E-state index in [1.54, 1.807) is 12.3 Å². The lowest BCUT2D eigenvalue weighted by atomic mass is 9.92. The molecule has 0 amide bonds. The molecule has 1 aliphatic heterocycles. The lowest BCUT2D eigenvalue weighted by molar-refractivity contribution is 0.452. The summed E-state index contributed by atoms with van der Waals surface area (Å²) >= 11 is 3.53. The molecule has 1 aliphatic rings. The lowest BCUT2D eigenvalue weighted by Crippen LogP contribution is -2.28. The van der Waals surface area contributed by atoms with Crippen molar-refractivity contribution in [2.45, 2.75) is 32.6 Å². The third-order valence-electron chi connectivity index (χ3n) is 2.64. The maximum atomic E-state index is 9.32. The molecule has 1 aromatic carbocycles. The molecule has 2 rings (SSSR count). The van der Waals surface area contributed by atoms with Gasteiger partial charge in [0.1, 0.15) is 5.75 Å². The zero-order valence-electron chi connectivity index (χ0n) is 11.1. The number of piperidine rings is 1. The molecule has 0 saturated carbocycles. The normalized spacial score (nSPS) is 18.2. The molecule has 2 nitrogen and oxygen atoms in total. The summed E-state index contributed by atoms with van der Waals surface area (Å²) in [5.41, 5.74) is 1.26. The quantitative estimate of drug-likeness (QED) is 0.672. The molecule has 0 radical (unpaired) electrons. The highest BCUT2D eigenvalue weighted by atomic mass is 32.1. The Bertz CT molecular complexity index is 285. The van der Waals surface area contributed by atoms with E-state index < -0.39 is 0 Å². The molecule has 2 N–H and O–H groups in total. The van der Waals surface area contributed by atoms with Crippen LogP contribution in [0.2, 0.25) is 0 Å². The molecule has 1 fully saturated rings. The molecule has 0 aromatic heterocycles. The standard InChI is InChI=1S/C11H15NO.C2H6.CH4S/c13-11-5-1-3-9(7-11)10-4-2-6-12-8-10;2*1-2/h1,3,5,7,10,12-13H,2,4,6,8H2;1-2H3;2H,1H3. The van der Waals surface area contributed by atoms with Gasteiger partial charge >= 0.3 is 0 Å². The summed E-state index contributed by atoms with van der Waals surface area (Å²) in [6.07, 6.45) is 4.16. The van der Waals surface area contributed by atoms with Crippen LogP contribution < -0.4 is 5.32 Å². The van der Waals surface area contributed by atoms with E-state index in [4.69, 9.17) is 0 Å². The number of rotatable bonds is 1. The fourth-order valence-electron chi connectivity index (χ4n) is 1.92. The maximum Gasteiger partial charge on any atom is 0.115 e. The van der Waals surface area contributed by atoms with Crippen molar-refractivity contribution >= 4 is 12.6 Å². The van der Waals surface area contributed by atoms with Crippen LogP contribution in [-0.2, 0) is 0 Å². The van der Waals surface area contributed by atoms with Gasteiger partial charge in [0.15, 0.2) is 0 Å². The Balaban J connectivity index is 0.000000581. The Hall–Kier alpha value is -0.670. The van der Waals surface area contributed by atoms with Crippen molar-refractivity contribution in [1.29, 1.82) is 0 Å². The Morgan fingerprint density at radius 2 is 2.00 bits per heavy atom. The monoisotopic (exact) mass is 255 g/mol. The van der Waals surface area contributed by atoms with Crippen LogP contribution >= 0.6 is 12.6 Å². The molecule has 1 atom stereocenters. The van der Waals surface area contributed by atoms with Crippen LogP contribution in [-0.4, -0.2) is 24.5 Å². The van der Waals surface area contributed by atoms with Gasteiger partial charge in [0.25, 0.3) is 0 Å². The van der Waals surface area contributed by atoms with Crippen LogP contribution in [0.25, 0.3) is 0 Å². The number of benzene rings is 1. The van der Waals surface area contributed by atoms with Gasteiger partial charge in [0.05, 0.1) is 0 Å². The number of hydrogen-bond donors (Lipinski definition) is 3. The van der Waals surface area contributed by atoms with Crippen molar-refractivity contribution in [3.8, 4) is 5.75 Å². The fraction of sp³-hybridized carbons (Fsp3) is 0.571. The predicted octanol–water partition coefficient (Wildman–Crippen LogP) is 3.43. The highest BCUT2D eigenvalue weighted by molar-refractivity contribution is 7.79. The van der Waals surface area contributed by atoms with Crippen molar-refractivity contribution < 1.29 is 5.11 Å². The average Bonchev–Trinajstić information content (AvgIpc) is 2.44. The Kier molecular flexibility index (Phi) is 10.1. The number of phenols is 1. The first kappa shape index (κ1) is 16.3. The van der Waals surface area contributed by atoms with E-state index in [0.717, 1.165) is 13.1 Å². The molecular weight excluding hydrogens is 230 g/mol. The highest BCUT2D eigenvalue weighted by Crippen LogP contribution is 2.25. The molecule has 1 heterocycles. The molecule has 3 heteroatoms.